The highest BCUT2D eigenvalue weighted by Gasteiger charge is 2.21. The van der Waals surface area contributed by atoms with E-state index in [0.717, 1.165) is 12.2 Å². The maximum Gasteiger partial charge on any atom is 0.261 e. The van der Waals surface area contributed by atoms with Crippen molar-refractivity contribution in [3.05, 3.63) is 65.2 Å². The summed E-state index contributed by atoms with van der Waals surface area (Å²) in [5, 5.41) is 3.11. The molecule has 3 heteroatoms. The molecule has 2 aromatic carbocycles. The molecule has 0 spiro atoms. The maximum absolute atomic E-state index is 12.6. The van der Waals surface area contributed by atoms with Gasteiger partial charge in [0.1, 0.15) is 5.75 Å². The van der Waals surface area contributed by atoms with E-state index in [4.69, 9.17) is 4.74 Å². The third-order valence-corrected chi connectivity index (χ3v) is 4.92. The number of carbonyl (C=O) groups excluding carboxylic acids is 1. The molecule has 1 aliphatic carbocycles. The summed E-state index contributed by atoms with van der Waals surface area (Å²) in [5.41, 5.74) is 4.08. The van der Waals surface area contributed by atoms with Gasteiger partial charge in [-0.05, 0) is 67.9 Å². The van der Waals surface area contributed by atoms with Gasteiger partial charge in [-0.2, -0.15) is 0 Å². The Morgan fingerprint density at radius 2 is 1.80 bits per heavy atom. The lowest BCUT2D eigenvalue weighted by Gasteiger charge is -2.22. The second-order valence-corrected chi connectivity index (χ2v) is 6.79. The van der Waals surface area contributed by atoms with E-state index in [1.54, 1.807) is 0 Å². The van der Waals surface area contributed by atoms with Gasteiger partial charge in [0.05, 0.1) is 6.04 Å². The summed E-state index contributed by atoms with van der Waals surface area (Å²) < 4.78 is 5.84. The number of fused-ring (bicyclic) bond motifs is 1. The summed E-state index contributed by atoms with van der Waals surface area (Å²) in [5.74, 6) is 0.669. The molecule has 0 saturated carbocycles. The normalized spacial score (nSPS) is 15.8. The highest BCUT2D eigenvalue weighted by Crippen LogP contribution is 2.25. The lowest BCUT2D eigenvalue weighted by molar-refractivity contribution is -0.128. The van der Waals surface area contributed by atoms with Gasteiger partial charge in [-0.1, -0.05) is 43.3 Å². The lowest BCUT2D eigenvalue weighted by atomic mass is 9.89. The van der Waals surface area contributed by atoms with Gasteiger partial charge in [0.15, 0.2) is 6.10 Å². The predicted molar refractivity (Wildman–Crippen MR) is 101 cm³/mol. The van der Waals surface area contributed by atoms with Gasteiger partial charge < -0.3 is 10.1 Å². The van der Waals surface area contributed by atoms with E-state index in [1.807, 2.05) is 44.2 Å². The number of nitrogens with one attached hydrogen (secondary N) is 1. The third-order valence-electron chi connectivity index (χ3n) is 4.92. The Hall–Kier alpha value is -2.29. The molecule has 1 N–H and O–H groups in total. The molecule has 1 amide bonds. The number of carbonyl (C=O) groups is 1. The molecule has 3 nitrogen and oxygen atoms in total. The van der Waals surface area contributed by atoms with Crippen LogP contribution < -0.4 is 10.1 Å². The Morgan fingerprint density at radius 3 is 2.52 bits per heavy atom. The van der Waals surface area contributed by atoms with Crippen LogP contribution in [0.3, 0.4) is 0 Å². The first kappa shape index (κ1) is 17.5. The number of para-hydroxylation sites is 1. The van der Waals surface area contributed by atoms with Gasteiger partial charge in [0.25, 0.3) is 5.91 Å². The smallest absolute Gasteiger partial charge is 0.261 e. The van der Waals surface area contributed by atoms with Gasteiger partial charge in [-0.25, -0.2) is 0 Å². The summed E-state index contributed by atoms with van der Waals surface area (Å²) in [4.78, 5) is 12.6. The zero-order valence-corrected chi connectivity index (χ0v) is 15.1. The first-order valence-corrected chi connectivity index (χ1v) is 9.31. The van der Waals surface area contributed by atoms with Crippen molar-refractivity contribution in [2.24, 2.45) is 0 Å². The second-order valence-electron chi connectivity index (χ2n) is 6.79. The highest BCUT2D eigenvalue weighted by molar-refractivity contribution is 5.81. The Kier molecular flexibility index (Phi) is 5.75. The van der Waals surface area contributed by atoms with E-state index < -0.39 is 6.10 Å². The second kappa shape index (κ2) is 8.19. The van der Waals surface area contributed by atoms with Crippen molar-refractivity contribution < 1.29 is 9.53 Å². The minimum absolute atomic E-state index is 0.0202. The average molecular weight is 337 g/mol. The van der Waals surface area contributed by atoms with Crippen molar-refractivity contribution in [2.75, 3.05) is 0 Å². The van der Waals surface area contributed by atoms with Crippen LogP contribution in [0.1, 0.15) is 55.8 Å². The quantitative estimate of drug-likeness (QED) is 0.836. The molecule has 0 radical (unpaired) electrons. The largest absolute Gasteiger partial charge is 0.481 e. The van der Waals surface area contributed by atoms with E-state index in [9.17, 15) is 4.79 Å². The van der Waals surface area contributed by atoms with E-state index in [1.165, 1.54) is 36.0 Å². The molecule has 0 aromatic heterocycles. The molecule has 3 rings (SSSR count). The number of amides is 1. The van der Waals surface area contributed by atoms with Crippen LogP contribution in [0.15, 0.2) is 48.5 Å². The summed E-state index contributed by atoms with van der Waals surface area (Å²) in [6.07, 6.45) is 5.05. The molecule has 0 unspecified atom stereocenters. The average Bonchev–Trinajstić information content (AvgIpc) is 2.66. The van der Waals surface area contributed by atoms with Crippen molar-refractivity contribution in [3.8, 4) is 5.75 Å². The monoisotopic (exact) mass is 337 g/mol. The number of hydrogen-bond donors (Lipinski definition) is 1. The molecule has 0 aliphatic heterocycles. The number of benzene rings is 2. The molecule has 0 fully saturated rings. The van der Waals surface area contributed by atoms with E-state index in [2.05, 4.69) is 23.5 Å². The van der Waals surface area contributed by atoms with Crippen LogP contribution >= 0.6 is 0 Å². The van der Waals surface area contributed by atoms with Gasteiger partial charge in [-0.15, -0.1) is 0 Å². The number of rotatable bonds is 6. The zero-order chi connectivity index (χ0) is 17.6. The van der Waals surface area contributed by atoms with Crippen LogP contribution in [0.4, 0.5) is 0 Å². The van der Waals surface area contributed by atoms with Crippen molar-refractivity contribution in [1.82, 2.24) is 5.32 Å². The number of aryl methyl sites for hydroxylation is 2. The molecule has 0 heterocycles. The fourth-order valence-electron chi connectivity index (χ4n) is 3.40. The fraction of sp³-hybridized carbons (Fsp3) is 0.409. The highest BCUT2D eigenvalue weighted by atomic mass is 16.5. The van der Waals surface area contributed by atoms with Crippen LogP contribution in [0.2, 0.25) is 0 Å². The Morgan fingerprint density at radius 1 is 1.08 bits per heavy atom. The molecule has 0 bridgehead atoms. The molecule has 1 aliphatic rings. The molecule has 2 aromatic rings. The minimum Gasteiger partial charge on any atom is -0.481 e. The molecular formula is C22H27NO2. The molecule has 132 valence electrons. The number of hydrogen-bond acceptors (Lipinski definition) is 2. The van der Waals surface area contributed by atoms with Crippen LogP contribution in [0.5, 0.6) is 5.75 Å². The van der Waals surface area contributed by atoms with Crippen molar-refractivity contribution in [2.45, 2.75) is 58.1 Å². The predicted octanol–water partition coefficient (Wildman–Crippen LogP) is 4.60. The number of ether oxygens (including phenoxy) is 1. The topological polar surface area (TPSA) is 38.3 Å². The first-order valence-electron chi connectivity index (χ1n) is 9.31. The molecular weight excluding hydrogens is 310 g/mol. The van der Waals surface area contributed by atoms with Crippen molar-refractivity contribution in [1.29, 1.82) is 0 Å². The molecule has 0 saturated heterocycles. The summed E-state index contributed by atoms with van der Waals surface area (Å²) in [6.45, 7) is 4.01. The maximum atomic E-state index is 12.6. The van der Waals surface area contributed by atoms with Gasteiger partial charge in [0.2, 0.25) is 0 Å². The van der Waals surface area contributed by atoms with E-state index in [0.29, 0.717) is 6.42 Å². The first-order chi connectivity index (χ1) is 12.2. The standard InChI is InChI=1S/C22H27NO2/c1-3-21(25-20-11-5-4-6-12-20)22(24)23-16(2)18-14-13-17-9-7-8-10-19(17)15-18/h4-6,11-16,21H,3,7-10H2,1-2H3,(H,23,24)/t16-,21-/m0/s1. The fourth-order valence-corrected chi connectivity index (χ4v) is 3.40. The van der Waals surface area contributed by atoms with Gasteiger partial charge >= 0.3 is 0 Å². The van der Waals surface area contributed by atoms with Crippen LogP contribution in [-0.4, -0.2) is 12.0 Å². The van der Waals surface area contributed by atoms with E-state index in [-0.39, 0.29) is 11.9 Å². The van der Waals surface area contributed by atoms with Crippen molar-refractivity contribution in [3.63, 3.8) is 0 Å². The zero-order valence-electron chi connectivity index (χ0n) is 15.1. The minimum atomic E-state index is -0.470. The molecule has 25 heavy (non-hydrogen) atoms. The summed E-state index contributed by atoms with van der Waals surface area (Å²) in [6, 6.07) is 16.1. The Balaban J connectivity index is 1.64. The van der Waals surface area contributed by atoms with Crippen LogP contribution in [0, 0.1) is 0 Å². The Bertz CT molecular complexity index is 711. The van der Waals surface area contributed by atoms with Crippen LogP contribution in [0.25, 0.3) is 0 Å². The molecule has 2 atom stereocenters. The SMILES string of the molecule is CC[C@H](Oc1ccccc1)C(=O)N[C@@H](C)c1ccc2c(c1)CCCC2. The summed E-state index contributed by atoms with van der Waals surface area (Å²) in [7, 11) is 0. The lowest BCUT2D eigenvalue weighted by Crippen LogP contribution is -2.39. The van der Waals surface area contributed by atoms with Crippen molar-refractivity contribution >= 4 is 5.91 Å². The Labute approximate surface area is 150 Å². The van der Waals surface area contributed by atoms with E-state index >= 15 is 0 Å². The van der Waals surface area contributed by atoms with Gasteiger partial charge in [-0.3, -0.25) is 4.79 Å². The van der Waals surface area contributed by atoms with Gasteiger partial charge in [0, 0.05) is 0 Å². The third kappa shape index (κ3) is 4.41. The van der Waals surface area contributed by atoms with Crippen LogP contribution in [-0.2, 0) is 17.6 Å². The summed E-state index contributed by atoms with van der Waals surface area (Å²) >= 11 is 0.